The van der Waals surface area contributed by atoms with E-state index in [1.54, 1.807) is 0 Å². The average molecular weight is 293 g/mol. The highest BCUT2D eigenvalue weighted by molar-refractivity contribution is 7.80. The van der Waals surface area contributed by atoms with Crippen molar-refractivity contribution >= 4 is 22.9 Å². The van der Waals surface area contributed by atoms with Gasteiger partial charge in [0.2, 0.25) is 0 Å². The van der Waals surface area contributed by atoms with Crippen LogP contribution in [-0.4, -0.2) is 41.6 Å². The molecule has 3 rings (SSSR count). The van der Waals surface area contributed by atoms with E-state index in [0.717, 1.165) is 13.1 Å². The second-order valence-corrected chi connectivity index (χ2v) is 6.26. The second-order valence-electron chi connectivity index (χ2n) is 5.82. The highest BCUT2D eigenvalue weighted by Gasteiger charge is 2.35. The first kappa shape index (κ1) is 13.8. The first-order chi connectivity index (χ1) is 9.56. The van der Waals surface area contributed by atoms with Gasteiger partial charge in [-0.05, 0) is 44.5 Å². The van der Waals surface area contributed by atoms with Crippen molar-refractivity contribution in [1.29, 1.82) is 0 Å². The SMILES string of the molecule is CC1CN2CCCC2CN1c1ccc(C(N)=S)cc1F. The van der Waals surface area contributed by atoms with Crippen LogP contribution in [0.25, 0.3) is 0 Å². The lowest BCUT2D eigenvalue weighted by Crippen LogP contribution is -2.55. The second kappa shape index (κ2) is 5.30. The third-order valence-corrected chi connectivity index (χ3v) is 4.71. The lowest BCUT2D eigenvalue weighted by Gasteiger charge is -2.43. The van der Waals surface area contributed by atoms with Crippen LogP contribution >= 0.6 is 12.2 Å². The molecule has 0 aliphatic carbocycles. The fourth-order valence-electron chi connectivity index (χ4n) is 3.42. The summed E-state index contributed by atoms with van der Waals surface area (Å²) in [5.74, 6) is -0.228. The van der Waals surface area contributed by atoms with Gasteiger partial charge >= 0.3 is 0 Å². The van der Waals surface area contributed by atoms with E-state index in [9.17, 15) is 4.39 Å². The topological polar surface area (TPSA) is 32.5 Å². The highest BCUT2D eigenvalue weighted by Crippen LogP contribution is 2.30. The number of halogens is 1. The molecular formula is C15H20FN3S. The van der Waals surface area contributed by atoms with Gasteiger partial charge in [0.25, 0.3) is 0 Å². The zero-order valence-corrected chi connectivity index (χ0v) is 12.5. The lowest BCUT2D eigenvalue weighted by atomic mass is 10.1. The summed E-state index contributed by atoms with van der Waals surface area (Å²) >= 11 is 4.90. The summed E-state index contributed by atoms with van der Waals surface area (Å²) in [6.45, 7) is 5.27. The fraction of sp³-hybridized carbons (Fsp3) is 0.533. The van der Waals surface area contributed by atoms with Crippen LogP contribution in [0.4, 0.5) is 10.1 Å². The molecule has 1 aromatic carbocycles. The molecule has 20 heavy (non-hydrogen) atoms. The number of nitrogens with two attached hydrogens (primary N) is 1. The monoisotopic (exact) mass is 293 g/mol. The van der Waals surface area contributed by atoms with Crippen molar-refractivity contribution in [3.8, 4) is 0 Å². The first-order valence-electron chi connectivity index (χ1n) is 7.16. The van der Waals surface area contributed by atoms with Crippen LogP contribution in [0.1, 0.15) is 25.3 Å². The van der Waals surface area contributed by atoms with Gasteiger partial charge in [0, 0.05) is 30.7 Å². The van der Waals surface area contributed by atoms with Gasteiger partial charge in [-0.2, -0.15) is 0 Å². The van der Waals surface area contributed by atoms with Crippen LogP contribution in [0.15, 0.2) is 18.2 Å². The van der Waals surface area contributed by atoms with E-state index in [1.165, 1.54) is 25.5 Å². The minimum atomic E-state index is -0.228. The lowest BCUT2D eigenvalue weighted by molar-refractivity contribution is 0.202. The van der Waals surface area contributed by atoms with Gasteiger partial charge in [-0.1, -0.05) is 12.2 Å². The minimum Gasteiger partial charge on any atom is -0.389 e. The van der Waals surface area contributed by atoms with E-state index in [-0.39, 0.29) is 10.8 Å². The molecule has 1 aromatic rings. The third kappa shape index (κ3) is 2.40. The molecule has 2 saturated heterocycles. The Morgan fingerprint density at radius 2 is 2.20 bits per heavy atom. The maximum Gasteiger partial charge on any atom is 0.147 e. The summed E-state index contributed by atoms with van der Waals surface area (Å²) in [4.78, 5) is 4.96. The standard InChI is InChI=1S/C15H20FN3S/c1-10-8-18-6-2-3-12(18)9-19(10)14-5-4-11(15(17)20)7-13(14)16/h4-5,7,10,12H,2-3,6,8-9H2,1H3,(H2,17,20). The molecule has 3 nitrogen and oxygen atoms in total. The Bertz CT molecular complexity index is 534. The fourth-order valence-corrected chi connectivity index (χ4v) is 3.54. The molecule has 2 N–H and O–H groups in total. The average Bonchev–Trinajstić information content (AvgIpc) is 2.84. The van der Waals surface area contributed by atoms with Gasteiger partial charge in [0.1, 0.15) is 10.8 Å². The van der Waals surface area contributed by atoms with Crippen molar-refractivity contribution in [3.63, 3.8) is 0 Å². The summed E-state index contributed by atoms with van der Waals surface area (Å²) in [6, 6.07) is 5.97. The van der Waals surface area contributed by atoms with Crippen molar-refractivity contribution in [2.24, 2.45) is 5.73 Å². The highest BCUT2D eigenvalue weighted by atomic mass is 32.1. The van der Waals surface area contributed by atoms with Crippen LogP contribution in [0.5, 0.6) is 0 Å². The predicted octanol–water partition coefficient (Wildman–Crippen LogP) is 2.13. The number of nitrogens with zero attached hydrogens (tertiary/aromatic N) is 2. The van der Waals surface area contributed by atoms with Gasteiger partial charge in [0.15, 0.2) is 0 Å². The molecule has 0 amide bonds. The number of fused-ring (bicyclic) bond motifs is 1. The molecule has 2 unspecified atom stereocenters. The first-order valence-corrected chi connectivity index (χ1v) is 7.57. The van der Waals surface area contributed by atoms with Crippen LogP contribution in [0.2, 0.25) is 0 Å². The van der Waals surface area contributed by atoms with Gasteiger partial charge in [-0.3, -0.25) is 4.90 Å². The number of hydrogen-bond acceptors (Lipinski definition) is 3. The summed E-state index contributed by atoms with van der Waals surface area (Å²) in [5, 5.41) is 0. The molecule has 2 atom stereocenters. The van der Waals surface area contributed by atoms with Crippen LogP contribution in [0, 0.1) is 5.82 Å². The van der Waals surface area contributed by atoms with E-state index in [1.807, 2.05) is 12.1 Å². The van der Waals surface area contributed by atoms with Crippen LogP contribution in [-0.2, 0) is 0 Å². The van der Waals surface area contributed by atoms with E-state index in [2.05, 4.69) is 16.7 Å². The molecule has 0 spiro atoms. The number of piperazine rings is 1. The molecule has 0 aromatic heterocycles. The van der Waals surface area contributed by atoms with E-state index < -0.39 is 0 Å². The van der Waals surface area contributed by atoms with Gasteiger partial charge in [0.05, 0.1) is 5.69 Å². The van der Waals surface area contributed by atoms with Crippen molar-refractivity contribution in [2.45, 2.75) is 31.8 Å². The summed E-state index contributed by atoms with van der Waals surface area (Å²) in [5.41, 5.74) is 6.81. The quantitative estimate of drug-likeness (QED) is 0.847. The van der Waals surface area contributed by atoms with Crippen molar-refractivity contribution in [1.82, 2.24) is 4.90 Å². The maximum atomic E-state index is 14.3. The van der Waals surface area contributed by atoms with Gasteiger partial charge in [-0.15, -0.1) is 0 Å². The molecule has 0 bridgehead atoms. The van der Waals surface area contributed by atoms with E-state index in [0.29, 0.717) is 23.3 Å². The normalized spacial score (nSPS) is 26.6. The zero-order valence-electron chi connectivity index (χ0n) is 11.7. The maximum absolute atomic E-state index is 14.3. The number of thiocarbonyl (C=S) groups is 1. The van der Waals surface area contributed by atoms with E-state index >= 15 is 0 Å². The van der Waals surface area contributed by atoms with Crippen molar-refractivity contribution in [3.05, 3.63) is 29.6 Å². The summed E-state index contributed by atoms with van der Waals surface area (Å²) in [6.07, 6.45) is 2.48. The zero-order chi connectivity index (χ0) is 14.3. The molecule has 2 aliphatic rings. The number of anilines is 1. The van der Waals surface area contributed by atoms with Gasteiger partial charge in [-0.25, -0.2) is 4.39 Å². The smallest absolute Gasteiger partial charge is 0.147 e. The molecule has 0 radical (unpaired) electrons. The largest absolute Gasteiger partial charge is 0.389 e. The molecule has 2 aliphatic heterocycles. The Labute approximate surface area is 124 Å². The van der Waals surface area contributed by atoms with Crippen LogP contribution in [0.3, 0.4) is 0 Å². The Hall–Kier alpha value is -1.20. The molecule has 2 heterocycles. The Morgan fingerprint density at radius 3 is 2.90 bits per heavy atom. The number of rotatable bonds is 2. The Kier molecular flexibility index (Phi) is 3.65. The predicted molar refractivity (Wildman–Crippen MR) is 83.7 cm³/mol. The van der Waals surface area contributed by atoms with E-state index in [4.69, 9.17) is 18.0 Å². The van der Waals surface area contributed by atoms with Crippen molar-refractivity contribution < 1.29 is 4.39 Å². The van der Waals surface area contributed by atoms with Crippen molar-refractivity contribution in [2.75, 3.05) is 24.5 Å². The Morgan fingerprint density at radius 1 is 1.40 bits per heavy atom. The number of benzene rings is 1. The summed E-state index contributed by atoms with van der Waals surface area (Å²) in [7, 11) is 0. The molecular weight excluding hydrogens is 273 g/mol. The molecule has 2 fully saturated rings. The van der Waals surface area contributed by atoms with Crippen LogP contribution < -0.4 is 10.6 Å². The molecule has 5 heteroatoms. The minimum absolute atomic E-state index is 0.228. The number of hydrogen-bond donors (Lipinski definition) is 1. The third-order valence-electron chi connectivity index (χ3n) is 4.48. The molecule has 0 saturated carbocycles. The van der Waals surface area contributed by atoms with Gasteiger partial charge < -0.3 is 10.6 Å². The summed E-state index contributed by atoms with van der Waals surface area (Å²) < 4.78 is 14.3. The Balaban J connectivity index is 1.86. The molecule has 108 valence electrons.